The van der Waals surface area contributed by atoms with Gasteiger partial charge in [0, 0.05) is 30.8 Å². The van der Waals surface area contributed by atoms with Gasteiger partial charge in [0.05, 0.1) is 6.26 Å². The van der Waals surface area contributed by atoms with E-state index >= 15 is 0 Å². The maximum atomic E-state index is 12.4. The third-order valence-electron chi connectivity index (χ3n) is 6.09. The van der Waals surface area contributed by atoms with Crippen molar-refractivity contribution in [1.82, 2.24) is 8.87 Å². The van der Waals surface area contributed by atoms with Gasteiger partial charge in [0.25, 0.3) is 0 Å². The van der Waals surface area contributed by atoms with Gasteiger partial charge in [0.2, 0.25) is 10.0 Å². The number of hydrogen-bond donors (Lipinski definition) is 0. The smallest absolute Gasteiger partial charge is 0.211 e. The molecule has 1 saturated carbocycles. The zero-order valence-corrected chi connectivity index (χ0v) is 18.2. The lowest BCUT2D eigenvalue weighted by Crippen LogP contribution is -2.42. The molecule has 1 aromatic heterocycles. The highest BCUT2D eigenvalue weighted by Crippen LogP contribution is 2.27. The van der Waals surface area contributed by atoms with Crippen LogP contribution in [0, 0.1) is 6.92 Å². The fraction of sp³-hybridized carbons (Fsp3) is 0.417. The highest BCUT2D eigenvalue weighted by molar-refractivity contribution is 7.88. The van der Waals surface area contributed by atoms with E-state index in [-0.39, 0.29) is 6.04 Å². The van der Waals surface area contributed by atoms with Gasteiger partial charge in [-0.1, -0.05) is 61.2 Å². The summed E-state index contributed by atoms with van der Waals surface area (Å²) in [4.78, 5) is 0. The van der Waals surface area contributed by atoms with Gasteiger partial charge in [-0.3, -0.25) is 0 Å². The van der Waals surface area contributed by atoms with E-state index in [1.165, 1.54) is 34.8 Å². The minimum atomic E-state index is -3.21. The third-order valence-corrected chi connectivity index (χ3v) is 7.43. The average Bonchev–Trinajstić information content (AvgIpc) is 3.10. The zero-order chi connectivity index (χ0) is 20.4. The molecule has 0 aliphatic heterocycles. The largest absolute Gasteiger partial charge is 0.346 e. The fourth-order valence-electron chi connectivity index (χ4n) is 4.58. The van der Waals surface area contributed by atoms with Gasteiger partial charge in [-0.15, -0.1) is 0 Å². The first-order chi connectivity index (χ1) is 13.9. The summed E-state index contributed by atoms with van der Waals surface area (Å²) in [6.07, 6.45) is 8.87. The molecule has 4 nitrogen and oxygen atoms in total. The summed E-state index contributed by atoms with van der Waals surface area (Å²) in [5.41, 5.74) is 4.79. The lowest BCUT2D eigenvalue weighted by atomic mass is 9.95. The lowest BCUT2D eigenvalue weighted by Gasteiger charge is -2.32. The Morgan fingerprint density at radius 1 is 1.00 bits per heavy atom. The summed E-state index contributed by atoms with van der Waals surface area (Å²) >= 11 is 0. The lowest BCUT2D eigenvalue weighted by molar-refractivity contribution is 0.249. The van der Waals surface area contributed by atoms with Crippen LogP contribution in [0.25, 0.3) is 22.0 Å². The maximum absolute atomic E-state index is 12.4. The molecule has 2 aromatic carbocycles. The van der Waals surface area contributed by atoms with E-state index in [4.69, 9.17) is 0 Å². The van der Waals surface area contributed by atoms with E-state index < -0.39 is 10.0 Å². The SMILES string of the molecule is Cc1cccc(-c2ccc3ccn(CCN(C4CCCCC4)S(C)(=O)=O)c3c2)c1. The van der Waals surface area contributed by atoms with Crippen molar-refractivity contribution in [1.29, 1.82) is 0 Å². The van der Waals surface area contributed by atoms with Crippen molar-refractivity contribution in [3.63, 3.8) is 0 Å². The van der Waals surface area contributed by atoms with Gasteiger partial charge >= 0.3 is 0 Å². The molecule has 0 saturated heterocycles. The molecule has 0 amide bonds. The van der Waals surface area contributed by atoms with E-state index in [2.05, 4.69) is 66.2 Å². The maximum Gasteiger partial charge on any atom is 0.211 e. The van der Waals surface area contributed by atoms with Crippen molar-refractivity contribution in [2.75, 3.05) is 12.8 Å². The number of aromatic nitrogens is 1. The van der Waals surface area contributed by atoms with Gasteiger partial charge < -0.3 is 4.57 Å². The number of fused-ring (bicyclic) bond motifs is 1. The first-order valence-electron chi connectivity index (χ1n) is 10.5. The Morgan fingerprint density at radius 3 is 2.48 bits per heavy atom. The second kappa shape index (κ2) is 8.33. The summed E-state index contributed by atoms with van der Waals surface area (Å²) in [6, 6.07) is 17.3. The summed E-state index contributed by atoms with van der Waals surface area (Å²) in [6.45, 7) is 3.31. The van der Waals surface area contributed by atoms with E-state index in [9.17, 15) is 8.42 Å². The van der Waals surface area contributed by atoms with Crippen molar-refractivity contribution in [3.05, 3.63) is 60.3 Å². The highest BCUT2D eigenvalue weighted by Gasteiger charge is 2.27. The highest BCUT2D eigenvalue weighted by atomic mass is 32.2. The molecule has 0 atom stereocenters. The zero-order valence-electron chi connectivity index (χ0n) is 17.3. The van der Waals surface area contributed by atoms with Crippen LogP contribution in [0.15, 0.2) is 54.7 Å². The van der Waals surface area contributed by atoms with Crippen LogP contribution >= 0.6 is 0 Å². The second-order valence-corrected chi connectivity index (χ2v) is 10.3. The summed E-state index contributed by atoms with van der Waals surface area (Å²) in [7, 11) is -3.21. The molecule has 0 radical (unpaired) electrons. The van der Waals surface area contributed by atoms with Crippen molar-refractivity contribution in [3.8, 4) is 11.1 Å². The van der Waals surface area contributed by atoms with Crippen LogP contribution in [0.5, 0.6) is 0 Å². The van der Waals surface area contributed by atoms with Gasteiger partial charge in [0.1, 0.15) is 0 Å². The molecule has 0 spiro atoms. The Labute approximate surface area is 174 Å². The molecule has 1 heterocycles. The second-order valence-electron chi connectivity index (χ2n) is 8.32. The standard InChI is InChI=1S/C24H30N2O2S/c1-19-7-6-8-21(17-19)22-12-11-20-13-14-25(24(20)18-22)15-16-26(29(2,27)28)23-9-4-3-5-10-23/h6-8,11-14,17-18,23H,3-5,9-10,15-16H2,1-2H3. The van der Waals surface area contributed by atoms with E-state index in [1.54, 1.807) is 4.31 Å². The molecular weight excluding hydrogens is 380 g/mol. The topological polar surface area (TPSA) is 42.3 Å². The molecule has 0 bridgehead atoms. The van der Waals surface area contributed by atoms with Crippen LogP contribution in [-0.4, -0.2) is 36.1 Å². The van der Waals surface area contributed by atoms with E-state index in [1.807, 2.05) is 0 Å². The first-order valence-corrected chi connectivity index (χ1v) is 12.4. The molecule has 154 valence electrons. The number of benzene rings is 2. The molecule has 4 rings (SSSR count). The fourth-order valence-corrected chi connectivity index (χ4v) is 5.74. The van der Waals surface area contributed by atoms with Gasteiger partial charge in [0.15, 0.2) is 0 Å². The van der Waals surface area contributed by atoms with Crippen LogP contribution in [0.2, 0.25) is 0 Å². The van der Waals surface area contributed by atoms with E-state index in [0.717, 1.165) is 31.2 Å². The summed E-state index contributed by atoms with van der Waals surface area (Å²) in [5, 5.41) is 1.19. The summed E-state index contributed by atoms with van der Waals surface area (Å²) < 4.78 is 28.8. The molecule has 1 fully saturated rings. The van der Waals surface area contributed by atoms with Crippen molar-refractivity contribution in [2.24, 2.45) is 0 Å². The Morgan fingerprint density at radius 2 is 1.76 bits per heavy atom. The van der Waals surface area contributed by atoms with E-state index in [0.29, 0.717) is 13.1 Å². The predicted octanol–water partition coefficient (Wildman–Crippen LogP) is 5.21. The Bertz CT molecular complexity index is 1100. The Hall–Kier alpha value is -2.11. The van der Waals surface area contributed by atoms with Crippen LogP contribution in [0.1, 0.15) is 37.7 Å². The van der Waals surface area contributed by atoms with Crippen molar-refractivity contribution >= 4 is 20.9 Å². The minimum Gasteiger partial charge on any atom is -0.346 e. The van der Waals surface area contributed by atoms with Crippen LogP contribution < -0.4 is 0 Å². The van der Waals surface area contributed by atoms with Gasteiger partial charge in [-0.25, -0.2) is 8.42 Å². The van der Waals surface area contributed by atoms with Crippen LogP contribution in [-0.2, 0) is 16.6 Å². The number of aryl methyl sites for hydroxylation is 1. The average molecular weight is 411 g/mol. The third kappa shape index (κ3) is 4.57. The molecule has 3 aromatic rings. The molecule has 1 aliphatic carbocycles. The predicted molar refractivity (Wildman–Crippen MR) is 121 cm³/mol. The number of nitrogens with zero attached hydrogens (tertiary/aromatic N) is 2. The number of sulfonamides is 1. The number of rotatable bonds is 6. The normalized spacial score (nSPS) is 16.0. The Kier molecular flexibility index (Phi) is 5.79. The quantitative estimate of drug-likeness (QED) is 0.560. The first kappa shape index (κ1) is 20.2. The van der Waals surface area contributed by atoms with Crippen molar-refractivity contribution < 1.29 is 8.42 Å². The van der Waals surface area contributed by atoms with Crippen LogP contribution in [0.3, 0.4) is 0 Å². The molecule has 0 unspecified atom stereocenters. The molecule has 0 N–H and O–H groups in total. The Balaban J connectivity index is 1.59. The minimum absolute atomic E-state index is 0.156. The monoisotopic (exact) mass is 410 g/mol. The molecule has 5 heteroatoms. The van der Waals surface area contributed by atoms with Crippen molar-refractivity contribution in [2.45, 2.75) is 51.6 Å². The molecule has 29 heavy (non-hydrogen) atoms. The molecular formula is C24H30N2O2S. The number of hydrogen-bond acceptors (Lipinski definition) is 2. The van der Waals surface area contributed by atoms with Gasteiger partial charge in [-0.05, 0) is 48.4 Å². The van der Waals surface area contributed by atoms with Crippen LogP contribution in [0.4, 0.5) is 0 Å². The van der Waals surface area contributed by atoms with Gasteiger partial charge in [-0.2, -0.15) is 4.31 Å². The summed E-state index contributed by atoms with van der Waals surface area (Å²) in [5.74, 6) is 0. The molecule has 1 aliphatic rings.